The van der Waals surface area contributed by atoms with Crippen LogP contribution >= 0.6 is 0 Å². The van der Waals surface area contributed by atoms with Crippen LogP contribution in [0.2, 0.25) is 0 Å². The maximum atomic E-state index is 13.2. The standard InChI is InChI=1S/C34H45N3O/c35-33(38)34(30-19-11-7-12-20-30,31-21-13-8-14-22-31)32-23-26-37(28-32)25-16-5-3-1-2-4-15-24-36-27-29-17-9-6-10-18-29/h6-14,17-22,32,36H,1-5,15-16,23-28H2,(H2,35,38)/t32-/m1/s1. The van der Waals surface area contributed by atoms with Crippen molar-refractivity contribution in [2.45, 2.75) is 63.3 Å². The number of amides is 1. The van der Waals surface area contributed by atoms with Crippen LogP contribution in [0.4, 0.5) is 0 Å². The van der Waals surface area contributed by atoms with Crippen molar-refractivity contribution in [1.82, 2.24) is 10.2 Å². The summed E-state index contributed by atoms with van der Waals surface area (Å²) in [6.45, 7) is 5.13. The Morgan fingerprint density at radius 3 is 1.87 bits per heavy atom. The Hall–Kier alpha value is -2.95. The monoisotopic (exact) mass is 511 g/mol. The fourth-order valence-electron chi connectivity index (χ4n) is 6.21. The fraction of sp³-hybridized carbons (Fsp3) is 0.441. The average molecular weight is 512 g/mol. The SMILES string of the molecule is NC(=O)C(c1ccccc1)(c1ccccc1)[C@@H]1CCN(CCCCCCCCCNCc2ccccc2)C1. The van der Waals surface area contributed by atoms with E-state index in [2.05, 4.69) is 64.8 Å². The van der Waals surface area contributed by atoms with E-state index in [1.54, 1.807) is 0 Å². The van der Waals surface area contributed by atoms with Gasteiger partial charge in [-0.2, -0.15) is 0 Å². The minimum atomic E-state index is -0.785. The van der Waals surface area contributed by atoms with Crippen LogP contribution in [0.3, 0.4) is 0 Å². The van der Waals surface area contributed by atoms with E-state index in [0.717, 1.165) is 50.3 Å². The van der Waals surface area contributed by atoms with Gasteiger partial charge < -0.3 is 16.0 Å². The first-order chi connectivity index (χ1) is 18.7. The summed E-state index contributed by atoms with van der Waals surface area (Å²) in [5.74, 6) is -0.0580. The van der Waals surface area contributed by atoms with Crippen LogP contribution in [0.15, 0.2) is 91.0 Å². The molecule has 1 aliphatic rings. The highest BCUT2D eigenvalue weighted by Gasteiger charge is 2.49. The molecule has 1 saturated heterocycles. The number of nitrogens with zero attached hydrogens (tertiary/aromatic N) is 1. The Labute approximate surface area is 229 Å². The summed E-state index contributed by atoms with van der Waals surface area (Å²) in [6, 6.07) is 31.0. The molecule has 1 amide bonds. The Bertz CT molecular complexity index is 1030. The highest BCUT2D eigenvalue weighted by molar-refractivity contribution is 5.91. The summed E-state index contributed by atoms with van der Waals surface area (Å²) < 4.78 is 0. The molecule has 0 saturated carbocycles. The van der Waals surface area contributed by atoms with Gasteiger partial charge in [0.1, 0.15) is 5.41 Å². The normalized spacial score (nSPS) is 16.1. The third kappa shape index (κ3) is 7.33. The third-order valence-corrected chi connectivity index (χ3v) is 8.23. The van der Waals surface area contributed by atoms with Crippen LogP contribution < -0.4 is 11.1 Å². The summed E-state index contributed by atoms with van der Waals surface area (Å²) in [7, 11) is 0. The number of unbranched alkanes of at least 4 members (excludes halogenated alkanes) is 6. The van der Waals surface area contributed by atoms with Crippen molar-refractivity contribution < 1.29 is 4.79 Å². The molecule has 1 fully saturated rings. The number of carbonyl (C=O) groups is 1. The molecule has 1 heterocycles. The van der Waals surface area contributed by atoms with Crippen LogP contribution in [0.5, 0.6) is 0 Å². The number of hydrogen-bond acceptors (Lipinski definition) is 3. The van der Waals surface area contributed by atoms with Crippen LogP contribution in [0.25, 0.3) is 0 Å². The minimum absolute atomic E-state index is 0.181. The van der Waals surface area contributed by atoms with Gasteiger partial charge in [0.2, 0.25) is 5.91 Å². The lowest BCUT2D eigenvalue weighted by molar-refractivity contribution is -0.123. The van der Waals surface area contributed by atoms with E-state index in [1.165, 1.54) is 50.5 Å². The van der Waals surface area contributed by atoms with Gasteiger partial charge in [-0.25, -0.2) is 0 Å². The van der Waals surface area contributed by atoms with Crippen molar-refractivity contribution in [2.24, 2.45) is 11.7 Å². The topological polar surface area (TPSA) is 58.4 Å². The number of primary amides is 1. The van der Waals surface area contributed by atoms with Crippen LogP contribution in [0, 0.1) is 5.92 Å². The molecule has 4 nitrogen and oxygen atoms in total. The molecule has 1 atom stereocenters. The quantitative estimate of drug-likeness (QED) is 0.222. The maximum absolute atomic E-state index is 13.2. The number of nitrogens with one attached hydrogen (secondary N) is 1. The van der Waals surface area contributed by atoms with Crippen molar-refractivity contribution in [3.63, 3.8) is 0 Å². The van der Waals surface area contributed by atoms with E-state index in [4.69, 9.17) is 5.73 Å². The Morgan fingerprint density at radius 1 is 0.763 bits per heavy atom. The van der Waals surface area contributed by atoms with Crippen LogP contribution in [-0.4, -0.2) is 37.0 Å². The van der Waals surface area contributed by atoms with Gasteiger partial charge in [-0.1, -0.05) is 123 Å². The smallest absolute Gasteiger partial charge is 0.232 e. The summed E-state index contributed by atoms with van der Waals surface area (Å²) in [5.41, 5.74) is 8.84. The molecular weight excluding hydrogens is 466 g/mol. The van der Waals surface area contributed by atoms with Crippen LogP contribution in [-0.2, 0) is 16.8 Å². The fourth-order valence-corrected chi connectivity index (χ4v) is 6.21. The molecule has 0 aromatic heterocycles. The van der Waals surface area contributed by atoms with Gasteiger partial charge in [0.05, 0.1) is 0 Å². The van der Waals surface area contributed by atoms with E-state index in [9.17, 15) is 4.79 Å². The first kappa shape index (κ1) is 28.1. The first-order valence-electron chi connectivity index (χ1n) is 14.6. The number of likely N-dealkylation sites (tertiary alicyclic amines) is 1. The van der Waals surface area contributed by atoms with Crippen molar-refractivity contribution in [3.05, 3.63) is 108 Å². The molecule has 0 bridgehead atoms. The van der Waals surface area contributed by atoms with Gasteiger partial charge in [0.15, 0.2) is 0 Å². The number of nitrogens with two attached hydrogens (primary N) is 1. The molecule has 0 spiro atoms. The van der Waals surface area contributed by atoms with Crippen LogP contribution in [0.1, 0.15) is 68.1 Å². The molecule has 38 heavy (non-hydrogen) atoms. The lowest BCUT2D eigenvalue weighted by atomic mass is 9.64. The molecule has 1 aliphatic heterocycles. The second-order valence-corrected chi connectivity index (χ2v) is 10.8. The molecule has 0 aliphatic carbocycles. The minimum Gasteiger partial charge on any atom is -0.369 e. The first-order valence-corrected chi connectivity index (χ1v) is 14.6. The zero-order chi connectivity index (χ0) is 26.5. The predicted octanol–water partition coefficient (Wildman–Crippen LogP) is 6.30. The molecule has 4 rings (SSSR count). The van der Waals surface area contributed by atoms with Gasteiger partial charge >= 0.3 is 0 Å². The van der Waals surface area contributed by atoms with E-state index >= 15 is 0 Å². The van der Waals surface area contributed by atoms with Crippen molar-refractivity contribution in [2.75, 3.05) is 26.2 Å². The maximum Gasteiger partial charge on any atom is 0.232 e. The largest absolute Gasteiger partial charge is 0.369 e. The number of benzene rings is 3. The molecule has 4 heteroatoms. The zero-order valence-electron chi connectivity index (χ0n) is 22.9. The van der Waals surface area contributed by atoms with E-state index in [-0.39, 0.29) is 11.8 Å². The molecule has 0 radical (unpaired) electrons. The second-order valence-electron chi connectivity index (χ2n) is 10.8. The molecular formula is C34H45N3O. The Kier molecular flexibility index (Phi) is 11.0. The molecule has 3 N–H and O–H groups in total. The van der Waals surface area contributed by atoms with Crippen molar-refractivity contribution >= 4 is 5.91 Å². The highest BCUT2D eigenvalue weighted by Crippen LogP contribution is 2.43. The number of rotatable bonds is 16. The van der Waals surface area contributed by atoms with Gasteiger partial charge in [-0.15, -0.1) is 0 Å². The van der Waals surface area contributed by atoms with Crippen molar-refractivity contribution in [3.8, 4) is 0 Å². The number of hydrogen-bond donors (Lipinski definition) is 2. The molecule has 202 valence electrons. The van der Waals surface area contributed by atoms with E-state index in [1.807, 2.05) is 36.4 Å². The summed E-state index contributed by atoms with van der Waals surface area (Å²) >= 11 is 0. The molecule has 3 aromatic carbocycles. The van der Waals surface area contributed by atoms with Gasteiger partial charge in [-0.05, 0) is 61.5 Å². The summed E-state index contributed by atoms with van der Waals surface area (Å²) in [5, 5.41) is 3.55. The molecule has 0 unspecified atom stereocenters. The Balaban J connectivity index is 1.17. The second kappa shape index (κ2) is 14.8. The average Bonchev–Trinajstić information content (AvgIpc) is 3.42. The molecule has 3 aromatic rings. The lowest BCUT2D eigenvalue weighted by Gasteiger charge is -2.37. The van der Waals surface area contributed by atoms with Gasteiger partial charge in [0.25, 0.3) is 0 Å². The Morgan fingerprint density at radius 2 is 1.29 bits per heavy atom. The van der Waals surface area contributed by atoms with E-state index in [0.29, 0.717) is 0 Å². The van der Waals surface area contributed by atoms with E-state index < -0.39 is 5.41 Å². The predicted molar refractivity (Wildman–Crippen MR) is 158 cm³/mol. The van der Waals surface area contributed by atoms with Gasteiger partial charge in [0, 0.05) is 13.1 Å². The third-order valence-electron chi connectivity index (χ3n) is 8.23. The summed E-state index contributed by atoms with van der Waals surface area (Å²) in [4.78, 5) is 15.8. The summed E-state index contributed by atoms with van der Waals surface area (Å²) in [6.07, 6.45) is 10.0. The van der Waals surface area contributed by atoms with Crippen molar-refractivity contribution in [1.29, 1.82) is 0 Å². The lowest BCUT2D eigenvalue weighted by Crippen LogP contribution is -2.49. The van der Waals surface area contributed by atoms with Gasteiger partial charge in [-0.3, -0.25) is 4.79 Å². The number of carbonyl (C=O) groups excluding carboxylic acids is 1. The highest BCUT2D eigenvalue weighted by atomic mass is 16.1. The zero-order valence-corrected chi connectivity index (χ0v) is 22.9.